The molecule has 1 saturated carbocycles. The van der Waals surface area contributed by atoms with Crippen LogP contribution < -0.4 is 10.1 Å². The van der Waals surface area contributed by atoms with Gasteiger partial charge in [0.25, 0.3) is 0 Å². The fourth-order valence-electron chi connectivity index (χ4n) is 3.30. The normalized spacial score (nSPS) is 22.8. The fourth-order valence-corrected chi connectivity index (χ4v) is 3.30. The molecule has 1 N–H and O–H groups in total. The van der Waals surface area contributed by atoms with E-state index in [0.717, 1.165) is 32.4 Å². The number of carbonyl (C=O) groups excluding carboxylic acids is 1. The van der Waals surface area contributed by atoms with Gasteiger partial charge >= 0.3 is 0 Å². The van der Waals surface area contributed by atoms with Crippen molar-refractivity contribution in [2.24, 2.45) is 5.92 Å². The molecule has 0 spiro atoms. The van der Waals surface area contributed by atoms with E-state index in [1.54, 1.807) is 18.6 Å². The summed E-state index contributed by atoms with van der Waals surface area (Å²) in [4.78, 5) is 22.3. The highest BCUT2D eigenvalue weighted by Crippen LogP contribution is 2.19. The molecule has 1 aliphatic heterocycles. The third-order valence-corrected chi connectivity index (χ3v) is 4.46. The lowest BCUT2D eigenvalue weighted by Gasteiger charge is -2.18. The molecule has 120 valence electrons. The SMILES string of the molecule is O=C(CN1CCC(COc2cnccn2)C1)NC1CCCC1. The summed E-state index contributed by atoms with van der Waals surface area (Å²) in [6.45, 7) is 3.03. The van der Waals surface area contributed by atoms with E-state index in [4.69, 9.17) is 4.74 Å². The second kappa shape index (κ2) is 7.54. The fraction of sp³-hybridized carbons (Fsp3) is 0.688. The van der Waals surface area contributed by atoms with Gasteiger partial charge < -0.3 is 10.1 Å². The first-order valence-electron chi connectivity index (χ1n) is 8.20. The molecule has 2 fully saturated rings. The van der Waals surface area contributed by atoms with Gasteiger partial charge in [-0.2, -0.15) is 0 Å². The van der Waals surface area contributed by atoms with Gasteiger partial charge in [-0.25, -0.2) is 4.98 Å². The number of likely N-dealkylation sites (tertiary alicyclic amines) is 1. The lowest BCUT2D eigenvalue weighted by atomic mass is 10.1. The van der Waals surface area contributed by atoms with Gasteiger partial charge in [-0.3, -0.25) is 14.7 Å². The summed E-state index contributed by atoms with van der Waals surface area (Å²) in [6, 6.07) is 0.408. The first-order valence-corrected chi connectivity index (χ1v) is 8.20. The summed E-state index contributed by atoms with van der Waals surface area (Å²) >= 11 is 0. The molecule has 2 aliphatic rings. The Morgan fingerprint density at radius 3 is 2.95 bits per heavy atom. The van der Waals surface area contributed by atoms with Crippen molar-refractivity contribution in [3.05, 3.63) is 18.6 Å². The van der Waals surface area contributed by atoms with Crippen LogP contribution in [0.15, 0.2) is 18.6 Å². The smallest absolute Gasteiger partial charge is 0.234 e. The van der Waals surface area contributed by atoms with Crippen molar-refractivity contribution < 1.29 is 9.53 Å². The molecular weight excluding hydrogens is 280 g/mol. The summed E-state index contributed by atoms with van der Waals surface area (Å²) < 4.78 is 5.65. The Morgan fingerprint density at radius 2 is 2.18 bits per heavy atom. The van der Waals surface area contributed by atoms with Gasteiger partial charge in [0.05, 0.1) is 19.3 Å². The quantitative estimate of drug-likeness (QED) is 0.856. The molecule has 2 heterocycles. The number of hydrogen-bond acceptors (Lipinski definition) is 5. The number of carbonyl (C=O) groups is 1. The van der Waals surface area contributed by atoms with Gasteiger partial charge in [-0.1, -0.05) is 12.8 Å². The van der Waals surface area contributed by atoms with Crippen molar-refractivity contribution in [3.8, 4) is 5.88 Å². The van der Waals surface area contributed by atoms with Crippen LogP contribution in [-0.2, 0) is 4.79 Å². The molecule has 1 aromatic rings. The van der Waals surface area contributed by atoms with Crippen molar-refractivity contribution in [2.45, 2.75) is 38.1 Å². The van der Waals surface area contributed by atoms with Gasteiger partial charge in [0.1, 0.15) is 0 Å². The van der Waals surface area contributed by atoms with Crippen LogP contribution in [0.3, 0.4) is 0 Å². The zero-order valence-electron chi connectivity index (χ0n) is 12.9. The van der Waals surface area contributed by atoms with Crippen molar-refractivity contribution in [1.82, 2.24) is 20.2 Å². The predicted octanol–water partition coefficient (Wildman–Crippen LogP) is 1.24. The molecule has 1 atom stereocenters. The minimum absolute atomic E-state index is 0.169. The summed E-state index contributed by atoms with van der Waals surface area (Å²) in [7, 11) is 0. The molecular formula is C16H24N4O2. The molecule has 1 unspecified atom stereocenters. The highest BCUT2D eigenvalue weighted by atomic mass is 16.5. The van der Waals surface area contributed by atoms with Crippen molar-refractivity contribution in [2.75, 3.05) is 26.2 Å². The van der Waals surface area contributed by atoms with Crippen LogP contribution in [0.2, 0.25) is 0 Å². The third-order valence-electron chi connectivity index (χ3n) is 4.46. The molecule has 1 aromatic heterocycles. The number of ether oxygens (including phenoxy) is 1. The van der Waals surface area contributed by atoms with E-state index >= 15 is 0 Å². The number of amides is 1. The molecule has 3 rings (SSSR count). The van der Waals surface area contributed by atoms with E-state index in [-0.39, 0.29) is 5.91 Å². The zero-order valence-corrected chi connectivity index (χ0v) is 12.9. The summed E-state index contributed by atoms with van der Waals surface area (Å²) in [6.07, 6.45) is 10.7. The molecule has 0 aromatic carbocycles. The molecule has 1 amide bonds. The highest BCUT2D eigenvalue weighted by Gasteiger charge is 2.25. The van der Waals surface area contributed by atoms with Gasteiger partial charge in [0.2, 0.25) is 11.8 Å². The summed E-state index contributed by atoms with van der Waals surface area (Å²) in [5.41, 5.74) is 0. The first-order chi connectivity index (χ1) is 10.8. The monoisotopic (exact) mass is 304 g/mol. The Morgan fingerprint density at radius 1 is 1.32 bits per heavy atom. The Hall–Kier alpha value is -1.69. The van der Waals surface area contributed by atoms with E-state index in [9.17, 15) is 4.79 Å². The molecule has 22 heavy (non-hydrogen) atoms. The lowest BCUT2D eigenvalue weighted by Crippen LogP contribution is -2.40. The number of rotatable bonds is 6. The van der Waals surface area contributed by atoms with Crippen molar-refractivity contribution in [3.63, 3.8) is 0 Å². The van der Waals surface area contributed by atoms with Gasteiger partial charge in [0.15, 0.2) is 0 Å². The second-order valence-electron chi connectivity index (χ2n) is 6.29. The molecule has 0 radical (unpaired) electrons. The summed E-state index contributed by atoms with van der Waals surface area (Å²) in [5.74, 6) is 1.20. The third kappa shape index (κ3) is 4.40. The zero-order chi connectivity index (χ0) is 15.2. The van der Waals surface area contributed by atoms with Crippen molar-refractivity contribution in [1.29, 1.82) is 0 Å². The highest BCUT2D eigenvalue weighted by molar-refractivity contribution is 5.78. The van der Waals surface area contributed by atoms with Gasteiger partial charge in [0, 0.05) is 30.9 Å². The van der Waals surface area contributed by atoms with Gasteiger partial charge in [-0.15, -0.1) is 0 Å². The van der Waals surface area contributed by atoms with E-state index < -0.39 is 0 Å². The van der Waals surface area contributed by atoms with Crippen molar-refractivity contribution >= 4 is 5.91 Å². The molecule has 0 bridgehead atoms. The average Bonchev–Trinajstić information content (AvgIpc) is 3.18. The standard InChI is InChI=1S/C16H24N4O2/c21-15(19-14-3-1-2-4-14)11-20-8-5-13(10-20)12-22-16-9-17-6-7-18-16/h6-7,9,13-14H,1-5,8,10-12H2,(H,19,21). The van der Waals surface area contributed by atoms with Crippen LogP contribution in [0.4, 0.5) is 0 Å². The van der Waals surface area contributed by atoms with E-state index in [1.165, 1.54) is 12.8 Å². The maximum Gasteiger partial charge on any atom is 0.234 e. The summed E-state index contributed by atoms with van der Waals surface area (Å²) in [5, 5.41) is 3.15. The average molecular weight is 304 g/mol. The molecule has 6 nitrogen and oxygen atoms in total. The van der Waals surface area contributed by atoms with Crippen LogP contribution >= 0.6 is 0 Å². The van der Waals surface area contributed by atoms with Crippen LogP contribution in [0.1, 0.15) is 32.1 Å². The largest absolute Gasteiger partial charge is 0.476 e. The van der Waals surface area contributed by atoms with E-state index in [0.29, 0.717) is 31.0 Å². The number of aromatic nitrogens is 2. The van der Waals surface area contributed by atoms with E-state index in [2.05, 4.69) is 20.2 Å². The van der Waals surface area contributed by atoms with Gasteiger partial charge in [-0.05, 0) is 25.8 Å². The second-order valence-corrected chi connectivity index (χ2v) is 6.29. The minimum atomic E-state index is 0.169. The minimum Gasteiger partial charge on any atom is -0.476 e. The lowest BCUT2D eigenvalue weighted by molar-refractivity contribution is -0.122. The number of hydrogen-bond donors (Lipinski definition) is 1. The number of nitrogens with one attached hydrogen (secondary N) is 1. The van der Waals surface area contributed by atoms with Crippen LogP contribution in [0.25, 0.3) is 0 Å². The Kier molecular flexibility index (Phi) is 5.21. The van der Waals surface area contributed by atoms with Crippen LogP contribution in [-0.4, -0.2) is 53.1 Å². The Labute approximate surface area is 131 Å². The predicted molar refractivity (Wildman–Crippen MR) is 82.5 cm³/mol. The maximum atomic E-state index is 12.0. The Bertz CT molecular complexity index is 476. The molecule has 6 heteroatoms. The topological polar surface area (TPSA) is 67.4 Å². The van der Waals surface area contributed by atoms with E-state index in [1.807, 2.05) is 0 Å². The van der Waals surface area contributed by atoms with Crippen LogP contribution in [0, 0.1) is 5.92 Å². The maximum absolute atomic E-state index is 12.0. The van der Waals surface area contributed by atoms with Crippen LogP contribution in [0.5, 0.6) is 5.88 Å². The number of nitrogens with zero attached hydrogens (tertiary/aromatic N) is 3. The molecule has 1 saturated heterocycles. The first kappa shape index (κ1) is 15.2. The molecule has 1 aliphatic carbocycles. The Balaban J connectivity index is 1.35.